The zero-order valence-electron chi connectivity index (χ0n) is 16.2. The lowest BCUT2D eigenvalue weighted by atomic mass is 10.1. The van der Waals surface area contributed by atoms with Gasteiger partial charge in [-0.15, -0.1) is 0 Å². The number of para-hydroxylation sites is 2. The van der Waals surface area contributed by atoms with Gasteiger partial charge in [-0.3, -0.25) is 24.3 Å². The fraction of sp³-hybridized carbons (Fsp3) is 0.0455. The first-order chi connectivity index (χ1) is 14.9. The largest absolute Gasteiger partial charge is 0.320 e. The lowest BCUT2D eigenvalue weighted by molar-refractivity contribution is -0.385. The number of nitrogens with one attached hydrogen (secondary N) is 1. The summed E-state index contributed by atoms with van der Waals surface area (Å²) in [5.41, 5.74) is 0.555. The maximum atomic E-state index is 13.0. The maximum absolute atomic E-state index is 13.0. The van der Waals surface area contributed by atoms with Gasteiger partial charge >= 0.3 is 0 Å². The molecule has 0 bridgehead atoms. The highest BCUT2D eigenvalue weighted by Gasteiger charge is 2.20. The minimum absolute atomic E-state index is 0.102. The van der Waals surface area contributed by atoms with Crippen molar-refractivity contribution >= 4 is 39.8 Å². The van der Waals surface area contributed by atoms with Gasteiger partial charge in [0, 0.05) is 6.07 Å². The van der Waals surface area contributed by atoms with E-state index in [2.05, 4.69) is 10.3 Å². The van der Waals surface area contributed by atoms with E-state index in [1.807, 2.05) is 0 Å². The van der Waals surface area contributed by atoms with E-state index in [-0.39, 0.29) is 27.5 Å². The van der Waals surface area contributed by atoms with Crippen LogP contribution < -0.4 is 10.9 Å². The van der Waals surface area contributed by atoms with Crippen molar-refractivity contribution in [1.82, 2.24) is 9.55 Å². The van der Waals surface area contributed by atoms with Crippen molar-refractivity contribution in [2.75, 3.05) is 5.32 Å². The molecule has 3 aromatic carbocycles. The molecule has 0 unspecified atom stereocenters. The van der Waals surface area contributed by atoms with Gasteiger partial charge in [-0.25, -0.2) is 4.98 Å². The van der Waals surface area contributed by atoms with Gasteiger partial charge in [0.05, 0.1) is 32.2 Å². The van der Waals surface area contributed by atoms with Crippen LogP contribution in [0.25, 0.3) is 16.6 Å². The Morgan fingerprint density at radius 3 is 2.58 bits per heavy atom. The number of carbonyl (C=O) groups excluding carboxylic acids is 1. The van der Waals surface area contributed by atoms with Gasteiger partial charge in [-0.2, -0.15) is 0 Å². The number of rotatable bonds is 4. The molecule has 8 nitrogen and oxygen atoms in total. The molecule has 1 amide bonds. The highest BCUT2D eigenvalue weighted by Crippen LogP contribution is 2.27. The molecule has 0 aliphatic heterocycles. The van der Waals surface area contributed by atoms with Crippen LogP contribution in [0.2, 0.25) is 5.02 Å². The second-order valence-corrected chi connectivity index (χ2v) is 7.12. The zero-order chi connectivity index (χ0) is 22.1. The Balaban J connectivity index is 1.77. The molecule has 154 valence electrons. The number of carbonyl (C=O) groups is 1. The molecule has 1 N–H and O–H groups in total. The fourth-order valence-electron chi connectivity index (χ4n) is 3.31. The number of benzene rings is 3. The number of nitrogens with zero attached hydrogens (tertiary/aromatic N) is 3. The summed E-state index contributed by atoms with van der Waals surface area (Å²) >= 11 is 6.24. The fourth-order valence-corrected chi connectivity index (χ4v) is 3.48. The van der Waals surface area contributed by atoms with Gasteiger partial charge in [-0.1, -0.05) is 35.9 Å². The van der Waals surface area contributed by atoms with Crippen LogP contribution in [0.1, 0.15) is 16.2 Å². The highest BCUT2D eigenvalue weighted by atomic mass is 35.5. The summed E-state index contributed by atoms with van der Waals surface area (Å²) in [5, 5.41) is 14.5. The third kappa shape index (κ3) is 3.76. The summed E-state index contributed by atoms with van der Waals surface area (Å²) in [6, 6.07) is 17.3. The Bertz CT molecular complexity index is 1410. The van der Waals surface area contributed by atoms with E-state index in [1.54, 1.807) is 37.3 Å². The van der Waals surface area contributed by atoms with Gasteiger partial charge in [-0.05, 0) is 43.3 Å². The molecule has 0 fully saturated rings. The molecule has 31 heavy (non-hydrogen) atoms. The van der Waals surface area contributed by atoms with E-state index in [9.17, 15) is 19.7 Å². The Morgan fingerprint density at radius 1 is 1.10 bits per heavy atom. The second-order valence-electron chi connectivity index (χ2n) is 6.71. The summed E-state index contributed by atoms with van der Waals surface area (Å²) < 4.78 is 1.42. The number of hydrogen-bond acceptors (Lipinski definition) is 5. The van der Waals surface area contributed by atoms with Crippen molar-refractivity contribution in [2.24, 2.45) is 0 Å². The van der Waals surface area contributed by atoms with Crippen LogP contribution in [0.4, 0.5) is 11.4 Å². The van der Waals surface area contributed by atoms with Crippen LogP contribution in [-0.4, -0.2) is 20.4 Å². The van der Waals surface area contributed by atoms with Crippen molar-refractivity contribution in [3.05, 3.63) is 104 Å². The van der Waals surface area contributed by atoms with Crippen LogP contribution in [0.5, 0.6) is 0 Å². The summed E-state index contributed by atoms with van der Waals surface area (Å²) in [7, 11) is 0. The number of aromatic nitrogens is 2. The van der Waals surface area contributed by atoms with E-state index >= 15 is 0 Å². The number of hydrogen-bond donors (Lipinski definition) is 1. The first-order valence-corrected chi connectivity index (χ1v) is 9.57. The topological polar surface area (TPSA) is 107 Å². The monoisotopic (exact) mass is 434 g/mol. The Labute approximate surface area is 180 Å². The lowest BCUT2D eigenvalue weighted by Gasteiger charge is -2.14. The van der Waals surface area contributed by atoms with Gasteiger partial charge in [0.2, 0.25) is 0 Å². The predicted molar refractivity (Wildman–Crippen MR) is 118 cm³/mol. The van der Waals surface area contributed by atoms with Crippen molar-refractivity contribution in [3.8, 4) is 5.69 Å². The number of amides is 1. The molecule has 1 heterocycles. The van der Waals surface area contributed by atoms with Crippen molar-refractivity contribution in [1.29, 1.82) is 0 Å². The first kappa shape index (κ1) is 20.2. The molecule has 1 aromatic heterocycles. The van der Waals surface area contributed by atoms with E-state index in [0.717, 1.165) is 0 Å². The summed E-state index contributed by atoms with van der Waals surface area (Å²) in [6.07, 6.45) is 0. The van der Waals surface area contributed by atoms with Crippen LogP contribution in [-0.2, 0) is 0 Å². The van der Waals surface area contributed by atoms with Crippen LogP contribution >= 0.6 is 11.6 Å². The maximum Gasteiger partial charge on any atom is 0.282 e. The van der Waals surface area contributed by atoms with Gasteiger partial charge in [0.25, 0.3) is 17.2 Å². The third-order valence-corrected chi connectivity index (χ3v) is 5.07. The average Bonchev–Trinajstić information content (AvgIpc) is 2.75. The SMILES string of the molecule is Cc1nc2ccccc2c(=O)n1-c1ccc(Cl)c(NC(=O)c2ccccc2[N+](=O)[O-])c1. The molecular weight excluding hydrogens is 420 g/mol. The molecule has 0 saturated carbocycles. The van der Waals surface area contributed by atoms with E-state index in [4.69, 9.17) is 11.6 Å². The standard InChI is InChI=1S/C22H15ClN4O4/c1-13-24-18-8-4-2-6-15(18)22(29)26(13)14-10-11-17(23)19(12-14)25-21(28)16-7-3-5-9-20(16)27(30)31/h2-12H,1H3,(H,25,28). The molecule has 0 aliphatic rings. The summed E-state index contributed by atoms with van der Waals surface area (Å²) in [6.45, 7) is 1.70. The average molecular weight is 435 g/mol. The molecule has 4 aromatic rings. The number of nitro benzene ring substituents is 1. The Hall–Kier alpha value is -4.04. The number of anilines is 1. The van der Waals surface area contributed by atoms with Gasteiger partial charge < -0.3 is 5.32 Å². The van der Waals surface area contributed by atoms with Gasteiger partial charge in [0.1, 0.15) is 11.4 Å². The minimum Gasteiger partial charge on any atom is -0.320 e. The molecule has 0 saturated heterocycles. The Kier molecular flexibility index (Phi) is 5.22. The van der Waals surface area contributed by atoms with E-state index < -0.39 is 10.8 Å². The van der Waals surface area contributed by atoms with Crippen LogP contribution in [0.15, 0.2) is 71.5 Å². The summed E-state index contributed by atoms with van der Waals surface area (Å²) in [4.78, 5) is 40.8. The number of halogens is 1. The lowest BCUT2D eigenvalue weighted by Crippen LogP contribution is -2.22. The van der Waals surface area contributed by atoms with Crippen LogP contribution in [0.3, 0.4) is 0 Å². The van der Waals surface area contributed by atoms with Gasteiger partial charge in [0.15, 0.2) is 0 Å². The second kappa shape index (κ2) is 8.00. The molecule has 9 heteroatoms. The number of aryl methyl sites for hydroxylation is 1. The zero-order valence-corrected chi connectivity index (χ0v) is 17.0. The van der Waals surface area contributed by atoms with E-state index in [1.165, 1.54) is 41.0 Å². The third-order valence-electron chi connectivity index (χ3n) is 4.75. The number of nitro groups is 1. The van der Waals surface area contributed by atoms with Crippen molar-refractivity contribution < 1.29 is 9.72 Å². The normalized spacial score (nSPS) is 10.8. The molecule has 4 rings (SSSR count). The predicted octanol–water partition coefficient (Wildman–Crippen LogP) is 4.51. The smallest absolute Gasteiger partial charge is 0.282 e. The number of fused-ring (bicyclic) bond motifs is 1. The Morgan fingerprint density at radius 2 is 1.81 bits per heavy atom. The van der Waals surface area contributed by atoms with Crippen molar-refractivity contribution in [2.45, 2.75) is 6.92 Å². The minimum atomic E-state index is -0.688. The molecule has 0 radical (unpaired) electrons. The highest BCUT2D eigenvalue weighted by molar-refractivity contribution is 6.34. The molecule has 0 aliphatic carbocycles. The quantitative estimate of drug-likeness (QED) is 0.375. The molecule has 0 atom stereocenters. The summed E-state index contributed by atoms with van der Waals surface area (Å²) in [5.74, 6) is -0.228. The van der Waals surface area contributed by atoms with Crippen LogP contribution in [0, 0.1) is 17.0 Å². The first-order valence-electron chi connectivity index (χ1n) is 9.20. The van der Waals surface area contributed by atoms with Crippen molar-refractivity contribution in [3.63, 3.8) is 0 Å². The molecular formula is C22H15ClN4O4. The molecule has 0 spiro atoms. The van der Waals surface area contributed by atoms with E-state index in [0.29, 0.717) is 22.4 Å².